The molecule has 0 aliphatic carbocycles. The van der Waals surface area contributed by atoms with Crippen LogP contribution in [0.1, 0.15) is 40.6 Å². The second-order valence-corrected chi connectivity index (χ2v) is 10.4. The highest BCUT2D eigenvalue weighted by Gasteiger charge is 2.42. The van der Waals surface area contributed by atoms with Gasteiger partial charge in [0.1, 0.15) is 0 Å². The fraction of sp³-hybridized carbons (Fsp3) is 0.312. The molecule has 6 rings (SSSR count). The lowest BCUT2D eigenvalue weighted by molar-refractivity contribution is -0.263. The molecule has 4 atom stereocenters. The summed E-state index contributed by atoms with van der Waals surface area (Å²) in [6, 6.07) is 28.1. The molecular formula is C32H35N5O3. The van der Waals surface area contributed by atoms with E-state index in [9.17, 15) is 5.11 Å². The third kappa shape index (κ3) is 5.85. The van der Waals surface area contributed by atoms with Gasteiger partial charge in [0, 0.05) is 62.3 Å². The predicted octanol–water partition coefficient (Wildman–Crippen LogP) is 4.31. The highest BCUT2D eigenvalue weighted by molar-refractivity contribution is 5.41. The first-order valence-corrected chi connectivity index (χ1v) is 13.8. The standard InChI is InChI=1S/C32H35N5O3/c33-27-9-4-8-26(20-27)31-39-28(21-36-16-18-37(19-17-36)32-34-14-5-15-35-32)29(24-6-2-1-3-7-24)30(40-31)25-12-10-23(22-38)11-13-25/h1-15,20,28-31,38H,16-19,21-22,33H2/t28-,29-,30+,31?/m1/s1. The first-order valence-electron chi connectivity index (χ1n) is 13.8. The molecule has 40 heavy (non-hydrogen) atoms. The number of nitrogen functional groups attached to an aromatic ring is 1. The molecule has 3 aromatic carbocycles. The van der Waals surface area contributed by atoms with Crippen LogP contribution in [0.5, 0.6) is 0 Å². The summed E-state index contributed by atoms with van der Waals surface area (Å²) in [7, 11) is 0. The van der Waals surface area contributed by atoms with Gasteiger partial charge in [-0.1, -0.05) is 66.7 Å². The van der Waals surface area contributed by atoms with E-state index in [1.54, 1.807) is 12.4 Å². The Morgan fingerprint density at radius 1 is 0.775 bits per heavy atom. The molecular weight excluding hydrogens is 502 g/mol. The molecule has 2 saturated heterocycles. The third-order valence-electron chi connectivity index (χ3n) is 7.80. The molecule has 0 spiro atoms. The molecule has 2 fully saturated rings. The van der Waals surface area contributed by atoms with E-state index in [1.165, 1.54) is 5.56 Å². The fourth-order valence-electron chi connectivity index (χ4n) is 5.71. The highest BCUT2D eigenvalue weighted by Crippen LogP contribution is 2.47. The molecule has 2 aliphatic rings. The van der Waals surface area contributed by atoms with Crippen molar-refractivity contribution in [1.29, 1.82) is 0 Å². The molecule has 8 nitrogen and oxygen atoms in total. The minimum Gasteiger partial charge on any atom is -0.399 e. The Hall–Kier alpha value is -3.82. The van der Waals surface area contributed by atoms with Crippen LogP contribution in [0.3, 0.4) is 0 Å². The van der Waals surface area contributed by atoms with Crippen LogP contribution in [0.4, 0.5) is 11.6 Å². The summed E-state index contributed by atoms with van der Waals surface area (Å²) in [6.07, 6.45) is 2.64. The number of benzene rings is 3. The van der Waals surface area contributed by atoms with Crippen LogP contribution in [0, 0.1) is 0 Å². The van der Waals surface area contributed by atoms with Gasteiger partial charge in [0.05, 0.1) is 18.8 Å². The summed E-state index contributed by atoms with van der Waals surface area (Å²) in [5, 5.41) is 9.62. The maximum absolute atomic E-state index is 9.62. The van der Waals surface area contributed by atoms with Crippen molar-refractivity contribution in [2.75, 3.05) is 43.4 Å². The van der Waals surface area contributed by atoms with E-state index in [2.05, 4.69) is 56.2 Å². The SMILES string of the molecule is Nc1cccc(C2O[C@H](CN3CCN(c4ncccn4)CC3)[C@@H](c3ccccc3)[C@H](c3ccc(CO)cc3)O2)c1. The number of aliphatic hydroxyl groups excluding tert-OH is 1. The average Bonchev–Trinajstić information content (AvgIpc) is 3.02. The lowest BCUT2D eigenvalue weighted by Gasteiger charge is -2.45. The maximum atomic E-state index is 9.62. The van der Waals surface area contributed by atoms with Crippen LogP contribution >= 0.6 is 0 Å². The predicted molar refractivity (Wildman–Crippen MR) is 155 cm³/mol. The van der Waals surface area contributed by atoms with Gasteiger partial charge in [-0.25, -0.2) is 9.97 Å². The molecule has 2 aliphatic heterocycles. The molecule has 8 heteroatoms. The van der Waals surface area contributed by atoms with E-state index in [0.29, 0.717) is 5.69 Å². The Morgan fingerprint density at radius 3 is 2.20 bits per heavy atom. The van der Waals surface area contributed by atoms with E-state index in [-0.39, 0.29) is 24.7 Å². The third-order valence-corrected chi connectivity index (χ3v) is 7.80. The Kier molecular flexibility index (Phi) is 8.02. The van der Waals surface area contributed by atoms with Crippen molar-refractivity contribution >= 4 is 11.6 Å². The number of nitrogens with zero attached hydrogens (tertiary/aromatic N) is 4. The van der Waals surface area contributed by atoms with Crippen molar-refractivity contribution < 1.29 is 14.6 Å². The van der Waals surface area contributed by atoms with Crippen molar-refractivity contribution in [2.24, 2.45) is 0 Å². The van der Waals surface area contributed by atoms with E-state index < -0.39 is 6.29 Å². The van der Waals surface area contributed by atoms with Crippen LogP contribution in [-0.4, -0.2) is 58.8 Å². The van der Waals surface area contributed by atoms with Gasteiger partial charge in [-0.05, 0) is 34.9 Å². The number of aromatic nitrogens is 2. The van der Waals surface area contributed by atoms with Crippen LogP contribution in [0.25, 0.3) is 0 Å². The van der Waals surface area contributed by atoms with E-state index in [1.807, 2.05) is 48.5 Å². The lowest BCUT2D eigenvalue weighted by Crippen LogP contribution is -2.51. The van der Waals surface area contributed by atoms with Gasteiger partial charge in [-0.3, -0.25) is 4.90 Å². The molecule has 0 radical (unpaired) electrons. The molecule has 0 amide bonds. The quantitative estimate of drug-likeness (QED) is 0.337. The molecule has 3 heterocycles. The number of aliphatic hydroxyl groups is 1. The van der Waals surface area contributed by atoms with Gasteiger partial charge in [0.15, 0.2) is 6.29 Å². The van der Waals surface area contributed by atoms with Crippen molar-refractivity contribution in [2.45, 2.75) is 31.0 Å². The number of rotatable bonds is 7. The van der Waals surface area contributed by atoms with Gasteiger partial charge in [-0.15, -0.1) is 0 Å². The monoisotopic (exact) mass is 537 g/mol. The molecule has 1 aromatic heterocycles. The molecule has 3 N–H and O–H groups in total. The smallest absolute Gasteiger partial charge is 0.225 e. The van der Waals surface area contributed by atoms with Crippen LogP contribution < -0.4 is 10.6 Å². The number of piperazine rings is 1. The Labute approximate surface area is 235 Å². The van der Waals surface area contributed by atoms with E-state index in [4.69, 9.17) is 15.2 Å². The first kappa shape index (κ1) is 26.4. The fourth-order valence-corrected chi connectivity index (χ4v) is 5.71. The summed E-state index contributed by atoms with van der Waals surface area (Å²) >= 11 is 0. The number of hydrogen-bond donors (Lipinski definition) is 2. The van der Waals surface area contributed by atoms with Crippen molar-refractivity contribution in [3.05, 3.63) is 120 Å². The normalized spacial score (nSPS) is 23.7. The molecule has 1 unspecified atom stereocenters. The number of nitrogens with two attached hydrogens (primary N) is 1. The van der Waals surface area contributed by atoms with Gasteiger partial charge in [0.25, 0.3) is 0 Å². The van der Waals surface area contributed by atoms with Crippen LogP contribution in [-0.2, 0) is 16.1 Å². The van der Waals surface area contributed by atoms with Gasteiger partial charge < -0.3 is 25.2 Å². The molecule has 4 aromatic rings. The summed E-state index contributed by atoms with van der Waals surface area (Å²) in [5.41, 5.74) is 10.8. The van der Waals surface area contributed by atoms with Crippen molar-refractivity contribution in [3.63, 3.8) is 0 Å². The summed E-state index contributed by atoms with van der Waals surface area (Å²) in [6.45, 7) is 4.25. The Bertz CT molecular complexity index is 1360. The zero-order chi connectivity index (χ0) is 27.3. The maximum Gasteiger partial charge on any atom is 0.225 e. The number of ether oxygens (including phenoxy) is 2. The van der Waals surface area contributed by atoms with Crippen molar-refractivity contribution in [1.82, 2.24) is 14.9 Å². The zero-order valence-electron chi connectivity index (χ0n) is 22.4. The summed E-state index contributed by atoms with van der Waals surface area (Å²) < 4.78 is 13.6. The average molecular weight is 538 g/mol. The second-order valence-electron chi connectivity index (χ2n) is 10.4. The van der Waals surface area contributed by atoms with Crippen LogP contribution in [0.2, 0.25) is 0 Å². The van der Waals surface area contributed by atoms with E-state index >= 15 is 0 Å². The summed E-state index contributed by atoms with van der Waals surface area (Å²) in [4.78, 5) is 13.6. The Morgan fingerprint density at radius 2 is 1.50 bits per heavy atom. The van der Waals surface area contributed by atoms with Crippen molar-refractivity contribution in [3.8, 4) is 0 Å². The second kappa shape index (κ2) is 12.1. The molecule has 0 saturated carbocycles. The number of hydrogen-bond acceptors (Lipinski definition) is 8. The van der Waals surface area contributed by atoms with Crippen LogP contribution in [0.15, 0.2) is 97.3 Å². The lowest BCUT2D eigenvalue weighted by atomic mass is 9.83. The minimum absolute atomic E-state index is 0.00553. The topological polar surface area (TPSA) is 97.0 Å². The first-order chi connectivity index (χ1) is 19.7. The Balaban J connectivity index is 1.31. The molecule has 0 bridgehead atoms. The minimum atomic E-state index is -0.560. The largest absolute Gasteiger partial charge is 0.399 e. The van der Waals surface area contributed by atoms with Gasteiger partial charge in [-0.2, -0.15) is 0 Å². The molecule has 206 valence electrons. The van der Waals surface area contributed by atoms with E-state index in [0.717, 1.165) is 55.4 Å². The van der Waals surface area contributed by atoms with Gasteiger partial charge >= 0.3 is 0 Å². The van der Waals surface area contributed by atoms with Gasteiger partial charge in [0.2, 0.25) is 5.95 Å². The summed E-state index contributed by atoms with van der Waals surface area (Å²) in [5.74, 6) is 0.744. The highest BCUT2D eigenvalue weighted by atomic mass is 16.7. The zero-order valence-corrected chi connectivity index (χ0v) is 22.4. The number of anilines is 2.